The number of ether oxygens (including phenoxy) is 1. The average molecular weight is 284 g/mol. The molecule has 1 unspecified atom stereocenters. The quantitative estimate of drug-likeness (QED) is 0.889. The van der Waals surface area contributed by atoms with Gasteiger partial charge in [-0.2, -0.15) is 0 Å². The Morgan fingerprint density at radius 2 is 2.05 bits per heavy atom. The molecule has 0 aliphatic carbocycles. The lowest BCUT2D eigenvalue weighted by atomic mass is 10.2. The summed E-state index contributed by atoms with van der Waals surface area (Å²) in [4.78, 5) is 1.93. The third kappa shape index (κ3) is 3.39. The largest absolute Gasteiger partial charge is 0.494 e. The molecule has 1 saturated heterocycles. The molecular weight excluding hydrogens is 264 g/mol. The zero-order valence-corrected chi connectivity index (χ0v) is 12.1. The summed E-state index contributed by atoms with van der Waals surface area (Å²) in [6, 6.07) is 7.57. The van der Waals surface area contributed by atoms with Gasteiger partial charge in [0.05, 0.1) is 6.61 Å². The van der Waals surface area contributed by atoms with Crippen LogP contribution in [0.25, 0.3) is 0 Å². The second kappa shape index (κ2) is 5.79. The fourth-order valence-electron chi connectivity index (χ4n) is 2.26. The van der Waals surface area contributed by atoms with E-state index in [1.54, 1.807) is 0 Å². The molecule has 1 heterocycles. The fourth-order valence-corrected chi connectivity index (χ4v) is 3.37. The first kappa shape index (κ1) is 14.1. The molecule has 0 radical (unpaired) electrons. The van der Waals surface area contributed by atoms with E-state index in [2.05, 4.69) is 5.32 Å². The fraction of sp³-hybridized carbons (Fsp3) is 0.538. The summed E-state index contributed by atoms with van der Waals surface area (Å²) < 4.78 is 29.1. The SMILES string of the molecule is CCOc1ccc(N2CCNCC2S(C)(=O)=O)cc1. The van der Waals surface area contributed by atoms with Crippen LogP contribution in [0.2, 0.25) is 0 Å². The van der Waals surface area contributed by atoms with E-state index < -0.39 is 15.2 Å². The van der Waals surface area contributed by atoms with Gasteiger partial charge in [-0.1, -0.05) is 0 Å². The van der Waals surface area contributed by atoms with E-state index in [1.165, 1.54) is 6.26 Å². The number of nitrogens with zero attached hydrogens (tertiary/aromatic N) is 1. The third-order valence-electron chi connectivity index (χ3n) is 3.17. The lowest BCUT2D eigenvalue weighted by Gasteiger charge is -2.36. The molecule has 1 aromatic carbocycles. The lowest BCUT2D eigenvalue weighted by molar-refractivity contribution is 0.340. The van der Waals surface area contributed by atoms with Gasteiger partial charge in [-0.25, -0.2) is 8.42 Å². The Hall–Kier alpha value is -1.27. The molecule has 0 saturated carbocycles. The van der Waals surface area contributed by atoms with Crippen LogP contribution in [0.1, 0.15) is 6.92 Å². The van der Waals surface area contributed by atoms with Gasteiger partial charge in [0, 0.05) is 31.6 Å². The van der Waals surface area contributed by atoms with Crippen molar-refractivity contribution in [2.24, 2.45) is 0 Å². The molecule has 1 aliphatic rings. The number of hydrogen-bond donors (Lipinski definition) is 1. The van der Waals surface area contributed by atoms with Crippen molar-refractivity contribution < 1.29 is 13.2 Å². The lowest BCUT2D eigenvalue weighted by Crippen LogP contribution is -2.54. The van der Waals surface area contributed by atoms with Gasteiger partial charge in [-0.05, 0) is 31.2 Å². The Kier molecular flexibility index (Phi) is 4.31. The summed E-state index contributed by atoms with van der Waals surface area (Å²) in [5, 5.41) is 2.63. The van der Waals surface area contributed by atoms with Crippen molar-refractivity contribution in [3.63, 3.8) is 0 Å². The minimum absolute atomic E-state index is 0.464. The molecule has 0 amide bonds. The number of benzene rings is 1. The Bertz CT molecular complexity index is 513. The maximum absolute atomic E-state index is 11.8. The third-order valence-corrected chi connectivity index (χ3v) is 4.58. The monoisotopic (exact) mass is 284 g/mol. The molecule has 1 N–H and O–H groups in total. The molecule has 5 nitrogen and oxygen atoms in total. The summed E-state index contributed by atoms with van der Waals surface area (Å²) in [5.41, 5.74) is 0.917. The number of rotatable bonds is 4. The molecule has 0 bridgehead atoms. The van der Waals surface area contributed by atoms with Gasteiger partial charge in [0.15, 0.2) is 9.84 Å². The standard InChI is InChI=1S/C13H20N2O3S/c1-3-18-12-6-4-11(5-7-12)15-9-8-14-10-13(15)19(2,16)17/h4-7,13-14H,3,8-10H2,1-2H3. The van der Waals surface area contributed by atoms with Crippen molar-refractivity contribution in [1.82, 2.24) is 5.32 Å². The zero-order valence-electron chi connectivity index (χ0n) is 11.3. The molecule has 2 rings (SSSR count). The van der Waals surface area contributed by atoms with Gasteiger partial charge in [-0.15, -0.1) is 0 Å². The van der Waals surface area contributed by atoms with E-state index in [9.17, 15) is 8.42 Å². The van der Waals surface area contributed by atoms with Crippen LogP contribution in [-0.2, 0) is 9.84 Å². The first-order valence-corrected chi connectivity index (χ1v) is 8.37. The molecule has 106 valence electrons. The van der Waals surface area contributed by atoms with Gasteiger partial charge in [0.25, 0.3) is 0 Å². The normalized spacial score (nSPS) is 20.3. The van der Waals surface area contributed by atoms with Crippen LogP contribution in [0, 0.1) is 0 Å². The van der Waals surface area contributed by atoms with Gasteiger partial charge in [-0.3, -0.25) is 0 Å². The van der Waals surface area contributed by atoms with Gasteiger partial charge < -0.3 is 15.0 Å². The molecule has 0 aromatic heterocycles. The Balaban J connectivity index is 2.22. The number of sulfone groups is 1. The molecule has 19 heavy (non-hydrogen) atoms. The first-order chi connectivity index (χ1) is 9.02. The topological polar surface area (TPSA) is 58.6 Å². The maximum atomic E-state index is 11.8. The van der Waals surface area contributed by atoms with Crippen molar-refractivity contribution in [1.29, 1.82) is 0 Å². The van der Waals surface area contributed by atoms with Gasteiger partial charge in [0.2, 0.25) is 0 Å². The highest BCUT2D eigenvalue weighted by molar-refractivity contribution is 7.91. The molecular formula is C13H20N2O3S. The van der Waals surface area contributed by atoms with Crippen LogP contribution < -0.4 is 15.0 Å². The van der Waals surface area contributed by atoms with Crippen molar-refractivity contribution >= 4 is 15.5 Å². The predicted molar refractivity (Wildman–Crippen MR) is 76.5 cm³/mol. The Morgan fingerprint density at radius 1 is 1.37 bits per heavy atom. The molecule has 1 aliphatic heterocycles. The highest BCUT2D eigenvalue weighted by Crippen LogP contribution is 2.23. The second-order valence-corrected chi connectivity index (χ2v) is 6.81. The average Bonchev–Trinajstić information content (AvgIpc) is 2.39. The van der Waals surface area contributed by atoms with Gasteiger partial charge in [0.1, 0.15) is 11.1 Å². The zero-order chi connectivity index (χ0) is 13.9. The van der Waals surface area contributed by atoms with Crippen molar-refractivity contribution in [2.75, 3.05) is 37.4 Å². The van der Waals surface area contributed by atoms with Crippen LogP contribution in [0.15, 0.2) is 24.3 Å². The van der Waals surface area contributed by atoms with Crippen molar-refractivity contribution in [3.8, 4) is 5.75 Å². The number of hydrogen-bond acceptors (Lipinski definition) is 5. The van der Waals surface area contributed by atoms with Crippen molar-refractivity contribution in [2.45, 2.75) is 12.3 Å². The predicted octanol–water partition coefficient (Wildman–Crippen LogP) is 0.866. The highest BCUT2D eigenvalue weighted by Gasteiger charge is 2.30. The van der Waals surface area contributed by atoms with Crippen LogP contribution in [-0.4, -0.2) is 46.3 Å². The van der Waals surface area contributed by atoms with E-state index in [0.29, 0.717) is 19.7 Å². The molecule has 1 atom stereocenters. The Morgan fingerprint density at radius 3 is 2.63 bits per heavy atom. The highest BCUT2D eigenvalue weighted by atomic mass is 32.2. The van der Waals surface area contributed by atoms with E-state index in [1.807, 2.05) is 36.1 Å². The van der Waals surface area contributed by atoms with Crippen LogP contribution in [0.4, 0.5) is 5.69 Å². The first-order valence-electron chi connectivity index (χ1n) is 6.41. The summed E-state index contributed by atoms with van der Waals surface area (Å²) in [5.74, 6) is 0.803. The summed E-state index contributed by atoms with van der Waals surface area (Å²) in [6.45, 7) is 4.50. The molecule has 1 aromatic rings. The van der Waals surface area contributed by atoms with Gasteiger partial charge >= 0.3 is 0 Å². The minimum atomic E-state index is -3.11. The van der Waals surface area contributed by atoms with Crippen LogP contribution in [0.5, 0.6) is 5.75 Å². The molecule has 1 fully saturated rings. The number of piperazine rings is 1. The number of anilines is 1. The second-order valence-electron chi connectivity index (χ2n) is 4.61. The minimum Gasteiger partial charge on any atom is -0.494 e. The molecule has 6 heteroatoms. The number of nitrogens with one attached hydrogen (secondary N) is 1. The summed E-state index contributed by atoms with van der Waals surface area (Å²) >= 11 is 0. The van der Waals surface area contributed by atoms with E-state index >= 15 is 0 Å². The van der Waals surface area contributed by atoms with Crippen molar-refractivity contribution in [3.05, 3.63) is 24.3 Å². The Labute approximate surface area is 114 Å². The van der Waals surface area contributed by atoms with Crippen LogP contribution >= 0.6 is 0 Å². The maximum Gasteiger partial charge on any atom is 0.169 e. The van der Waals surface area contributed by atoms with E-state index in [4.69, 9.17) is 4.74 Å². The van der Waals surface area contributed by atoms with E-state index in [-0.39, 0.29) is 0 Å². The smallest absolute Gasteiger partial charge is 0.169 e. The molecule has 0 spiro atoms. The summed E-state index contributed by atoms with van der Waals surface area (Å²) in [7, 11) is -3.11. The van der Waals surface area contributed by atoms with E-state index in [0.717, 1.165) is 18.0 Å². The van der Waals surface area contributed by atoms with Crippen LogP contribution in [0.3, 0.4) is 0 Å². The summed E-state index contributed by atoms with van der Waals surface area (Å²) in [6.07, 6.45) is 1.28.